The predicted octanol–water partition coefficient (Wildman–Crippen LogP) is 3.68. The van der Waals surface area contributed by atoms with Gasteiger partial charge in [-0.2, -0.15) is 0 Å². The van der Waals surface area contributed by atoms with E-state index in [0.717, 1.165) is 24.2 Å². The standard InChI is InChI=1S/C18H31NO2/c1-6-8-16(19)17(20)10-12(3)15-9-14(5)18(21-7-2)11-13(15)4/h9,11-12,16-17,20H,6-8,10,19H2,1-5H3. The third-order valence-corrected chi connectivity index (χ3v) is 4.11. The van der Waals surface area contributed by atoms with Gasteiger partial charge in [-0.15, -0.1) is 0 Å². The van der Waals surface area contributed by atoms with Gasteiger partial charge in [-0.05, 0) is 62.3 Å². The second kappa shape index (κ2) is 8.40. The van der Waals surface area contributed by atoms with Gasteiger partial charge in [0.05, 0.1) is 12.7 Å². The van der Waals surface area contributed by atoms with Gasteiger partial charge in [-0.25, -0.2) is 0 Å². The van der Waals surface area contributed by atoms with Crippen molar-refractivity contribution in [3.8, 4) is 5.75 Å². The molecule has 1 rings (SSSR count). The lowest BCUT2D eigenvalue weighted by atomic mass is 9.88. The maximum atomic E-state index is 10.2. The van der Waals surface area contributed by atoms with Crippen molar-refractivity contribution in [2.24, 2.45) is 5.73 Å². The molecule has 21 heavy (non-hydrogen) atoms. The number of aliphatic hydroxyl groups is 1. The van der Waals surface area contributed by atoms with Gasteiger partial charge in [-0.3, -0.25) is 0 Å². The average molecular weight is 293 g/mol. The van der Waals surface area contributed by atoms with Crippen LogP contribution in [0.5, 0.6) is 5.75 Å². The molecule has 0 heterocycles. The lowest BCUT2D eigenvalue weighted by Gasteiger charge is -2.24. The number of hydrogen-bond donors (Lipinski definition) is 2. The van der Waals surface area contributed by atoms with E-state index in [1.807, 2.05) is 6.92 Å². The van der Waals surface area contributed by atoms with E-state index in [1.165, 1.54) is 11.1 Å². The Hall–Kier alpha value is -1.06. The van der Waals surface area contributed by atoms with Gasteiger partial charge in [-0.1, -0.05) is 26.3 Å². The van der Waals surface area contributed by atoms with Crippen LogP contribution in [-0.2, 0) is 0 Å². The molecule has 3 N–H and O–H groups in total. The van der Waals surface area contributed by atoms with Crippen LogP contribution in [0.25, 0.3) is 0 Å². The summed E-state index contributed by atoms with van der Waals surface area (Å²) in [6.07, 6.45) is 2.14. The summed E-state index contributed by atoms with van der Waals surface area (Å²) in [5.74, 6) is 1.24. The Morgan fingerprint density at radius 3 is 2.43 bits per heavy atom. The zero-order valence-electron chi connectivity index (χ0n) is 14.1. The number of aryl methyl sites for hydroxylation is 2. The largest absolute Gasteiger partial charge is 0.494 e. The molecule has 1 aromatic rings. The second-order valence-electron chi connectivity index (χ2n) is 6.06. The Morgan fingerprint density at radius 1 is 1.19 bits per heavy atom. The number of rotatable bonds is 8. The maximum absolute atomic E-state index is 10.2. The second-order valence-corrected chi connectivity index (χ2v) is 6.06. The number of benzene rings is 1. The van der Waals surface area contributed by atoms with Crippen LogP contribution >= 0.6 is 0 Å². The highest BCUT2D eigenvalue weighted by Gasteiger charge is 2.20. The molecule has 0 saturated carbocycles. The van der Waals surface area contributed by atoms with Crippen molar-refractivity contribution >= 4 is 0 Å². The van der Waals surface area contributed by atoms with Crippen LogP contribution in [0, 0.1) is 13.8 Å². The van der Waals surface area contributed by atoms with Crippen LogP contribution in [0.1, 0.15) is 62.6 Å². The van der Waals surface area contributed by atoms with Crippen LogP contribution in [0.2, 0.25) is 0 Å². The molecule has 0 aliphatic heterocycles. The Morgan fingerprint density at radius 2 is 1.86 bits per heavy atom. The van der Waals surface area contributed by atoms with Crippen molar-refractivity contribution in [3.05, 3.63) is 28.8 Å². The van der Waals surface area contributed by atoms with Gasteiger partial charge < -0.3 is 15.6 Å². The van der Waals surface area contributed by atoms with Crippen molar-refractivity contribution in [2.45, 2.75) is 71.9 Å². The summed E-state index contributed by atoms with van der Waals surface area (Å²) in [6.45, 7) is 11.1. The molecule has 3 atom stereocenters. The number of aliphatic hydroxyl groups excluding tert-OH is 1. The Labute approximate surface area is 129 Å². The van der Waals surface area contributed by atoms with E-state index in [4.69, 9.17) is 10.5 Å². The molecule has 3 heteroatoms. The van der Waals surface area contributed by atoms with Crippen molar-refractivity contribution in [3.63, 3.8) is 0 Å². The van der Waals surface area contributed by atoms with Gasteiger partial charge in [0.1, 0.15) is 5.75 Å². The Balaban J connectivity index is 2.82. The fraction of sp³-hybridized carbons (Fsp3) is 0.667. The van der Waals surface area contributed by atoms with E-state index in [1.54, 1.807) is 0 Å². The van der Waals surface area contributed by atoms with Crippen LogP contribution in [0.4, 0.5) is 0 Å². The van der Waals surface area contributed by atoms with Crippen LogP contribution < -0.4 is 10.5 Å². The van der Waals surface area contributed by atoms with E-state index < -0.39 is 6.10 Å². The van der Waals surface area contributed by atoms with Gasteiger partial charge in [0.2, 0.25) is 0 Å². The van der Waals surface area contributed by atoms with Crippen molar-refractivity contribution < 1.29 is 9.84 Å². The average Bonchev–Trinajstić information content (AvgIpc) is 2.42. The van der Waals surface area contributed by atoms with Crippen molar-refractivity contribution in [2.75, 3.05) is 6.61 Å². The van der Waals surface area contributed by atoms with E-state index >= 15 is 0 Å². The highest BCUT2D eigenvalue weighted by molar-refractivity contribution is 5.43. The molecule has 0 radical (unpaired) electrons. The molecule has 3 unspecified atom stereocenters. The molecule has 0 amide bonds. The third kappa shape index (κ3) is 5.01. The summed E-state index contributed by atoms with van der Waals surface area (Å²) < 4.78 is 5.63. The van der Waals surface area contributed by atoms with Crippen LogP contribution in [-0.4, -0.2) is 23.9 Å². The minimum atomic E-state index is -0.439. The normalized spacial score (nSPS) is 15.6. The first-order chi connectivity index (χ1) is 9.90. The summed E-state index contributed by atoms with van der Waals surface area (Å²) >= 11 is 0. The van der Waals surface area contributed by atoms with Crippen molar-refractivity contribution in [1.29, 1.82) is 0 Å². The highest BCUT2D eigenvalue weighted by Crippen LogP contribution is 2.30. The molecule has 0 saturated heterocycles. The van der Waals surface area contributed by atoms with Crippen molar-refractivity contribution in [1.82, 2.24) is 0 Å². The lowest BCUT2D eigenvalue weighted by Crippen LogP contribution is -2.35. The molecule has 0 bridgehead atoms. The topological polar surface area (TPSA) is 55.5 Å². The minimum Gasteiger partial charge on any atom is -0.494 e. The van der Waals surface area contributed by atoms with Crippen LogP contribution in [0.3, 0.4) is 0 Å². The van der Waals surface area contributed by atoms with E-state index in [2.05, 4.69) is 39.8 Å². The highest BCUT2D eigenvalue weighted by atomic mass is 16.5. The van der Waals surface area contributed by atoms with Gasteiger partial charge in [0.25, 0.3) is 0 Å². The molecule has 1 aromatic carbocycles. The summed E-state index contributed by atoms with van der Waals surface area (Å²) in [5.41, 5.74) is 9.66. The first-order valence-corrected chi connectivity index (χ1v) is 8.08. The molecule has 120 valence electrons. The number of hydrogen-bond acceptors (Lipinski definition) is 3. The molecule has 0 fully saturated rings. The van der Waals surface area contributed by atoms with Gasteiger partial charge in [0, 0.05) is 6.04 Å². The quantitative estimate of drug-likeness (QED) is 0.768. The van der Waals surface area contributed by atoms with Gasteiger partial charge >= 0.3 is 0 Å². The monoisotopic (exact) mass is 293 g/mol. The number of ether oxygens (including phenoxy) is 1. The third-order valence-electron chi connectivity index (χ3n) is 4.11. The Bertz CT molecular complexity index is 445. The minimum absolute atomic E-state index is 0.124. The van der Waals surface area contributed by atoms with E-state index in [-0.39, 0.29) is 12.0 Å². The molecule has 0 spiro atoms. The SMILES string of the molecule is CCCC(N)C(O)CC(C)c1cc(C)c(OCC)cc1C. The zero-order valence-corrected chi connectivity index (χ0v) is 14.1. The summed E-state index contributed by atoms with van der Waals surface area (Å²) in [5, 5.41) is 10.2. The number of nitrogens with two attached hydrogens (primary N) is 1. The first-order valence-electron chi connectivity index (χ1n) is 8.08. The fourth-order valence-electron chi connectivity index (χ4n) is 2.84. The summed E-state index contributed by atoms with van der Waals surface area (Å²) in [4.78, 5) is 0. The maximum Gasteiger partial charge on any atom is 0.122 e. The summed E-state index contributed by atoms with van der Waals surface area (Å²) in [7, 11) is 0. The summed E-state index contributed by atoms with van der Waals surface area (Å²) in [6, 6.07) is 4.16. The molecule has 3 nitrogen and oxygen atoms in total. The smallest absolute Gasteiger partial charge is 0.122 e. The fourth-order valence-corrected chi connectivity index (χ4v) is 2.84. The van der Waals surface area contributed by atoms with E-state index in [9.17, 15) is 5.11 Å². The molecule has 0 aromatic heterocycles. The zero-order chi connectivity index (χ0) is 16.0. The predicted molar refractivity (Wildman–Crippen MR) is 89.0 cm³/mol. The molecular weight excluding hydrogens is 262 g/mol. The first kappa shape index (κ1) is 18.0. The van der Waals surface area contributed by atoms with Crippen LogP contribution in [0.15, 0.2) is 12.1 Å². The van der Waals surface area contributed by atoms with E-state index in [0.29, 0.717) is 13.0 Å². The lowest BCUT2D eigenvalue weighted by molar-refractivity contribution is 0.124. The Kier molecular flexibility index (Phi) is 7.20. The van der Waals surface area contributed by atoms with Gasteiger partial charge in [0.15, 0.2) is 0 Å². The molecular formula is C18H31NO2. The molecule has 0 aliphatic carbocycles. The molecule has 0 aliphatic rings.